The lowest BCUT2D eigenvalue weighted by Crippen LogP contribution is -2.64. The van der Waals surface area contributed by atoms with Gasteiger partial charge < -0.3 is 180 Å². The minimum Gasteiger partial charge on any atom is -0.394 e. The summed E-state index contributed by atoms with van der Waals surface area (Å²) in [6.07, 6.45) is -52.3. The van der Waals surface area contributed by atoms with E-state index in [1.165, 1.54) is 54.6 Å². The van der Waals surface area contributed by atoms with E-state index in [9.17, 15) is 122 Å². The molecule has 24 N–H and O–H groups in total. The van der Waals surface area contributed by atoms with Crippen LogP contribution in [0.2, 0.25) is 15.1 Å². The van der Waals surface area contributed by atoms with Gasteiger partial charge in [-0.3, -0.25) is 14.4 Å². The Labute approximate surface area is 626 Å². The highest BCUT2D eigenvalue weighted by atomic mass is 35.5. The van der Waals surface area contributed by atoms with E-state index in [1.807, 2.05) is 0 Å². The minimum atomic E-state index is -1.93. The molecule has 0 aliphatic carbocycles. The average Bonchev–Trinajstić information content (AvgIpc) is 0.813. The Kier molecular flexibility index (Phi) is 29.7. The van der Waals surface area contributed by atoms with Gasteiger partial charge in [0, 0.05) is 16.7 Å². The van der Waals surface area contributed by atoms with Crippen molar-refractivity contribution in [3.05, 3.63) is 121 Å². The van der Waals surface area contributed by atoms with Crippen molar-refractivity contribution in [3.8, 4) is 0 Å². The molecule has 30 atom stereocenters. The summed E-state index contributed by atoms with van der Waals surface area (Å²) in [5.41, 5.74) is -0.742. The average molecular weight is 1600 g/mol. The molecule has 0 unspecified atom stereocenters. The van der Waals surface area contributed by atoms with Crippen LogP contribution >= 0.6 is 34.8 Å². The third-order valence-electron chi connectivity index (χ3n) is 18.7. The maximum absolute atomic E-state index is 14.5. The Morgan fingerprint density at radius 3 is 0.750 bits per heavy atom. The van der Waals surface area contributed by atoms with Crippen molar-refractivity contribution < 1.29 is 178 Å². The first kappa shape index (κ1) is 85.3. The van der Waals surface area contributed by atoms with Crippen molar-refractivity contribution in [3.63, 3.8) is 0 Å². The van der Waals surface area contributed by atoms with Crippen LogP contribution in [-0.4, -0.2) is 349 Å². The van der Waals surface area contributed by atoms with Gasteiger partial charge in [-0.15, -0.1) is 0 Å². The fourth-order valence-electron chi connectivity index (χ4n) is 12.5. The quantitative estimate of drug-likeness (QED) is 0.0264. The molecular weight excluding hydrogens is 1520 g/mol. The monoisotopic (exact) mass is 1600 g/mol. The van der Waals surface area contributed by atoms with Crippen LogP contribution in [0.1, 0.15) is 47.8 Å². The molecule has 0 saturated carbocycles. The van der Waals surface area contributed by atoms with Gasteiger partial charge in [0.1, 0.15) is 146 Å². The standard InChI is InChI=1S/C66H84Cl3N3O36/c67-28-4-1-22(19-97-61-52(91)46(85)55(37(16-76)103-61)106-64-49(88)43(82)40(79)34(13-73)100-64)7-31(28)70-58(94)25-10-26(59(95)71-32-8-23(2-5-29(32)68)20-98-62-53(92)47(86)56(38(17-77)104-62)107-65-50(89)44(83)41(80)35(14-74)101-65)12-27(11-25)60(96)72-33-9-24(3-6-30(33)69)21-99-63-54(93)48(87)57(39(18-78)105-63)108-66-51(90)45(84)42(81)36(15-75)102-66/h1-12,34-57,61-66,73-93H,13-21H2,(H,70,94)(H,71,95)(H,72,96)/t34-,35-,36-,37-,38-,39-,40+,41+,42+,43+,44+,45+,46-,47-,48-,49-,50-,51-,52-,53-,54-,55-,56-,57-,61-,62-,63-,64+,65+,66+/m1/s1. The molecule has 39 nitrogen and oxygen atoms in total. The SMILES string of the molecule is O=C(Nc1cc(CO[C@@H]2O[C@H](CO)[C@@H](O[C@@H]3O[C@H](CO)[C@H](O)[C@H](O)[C@H]3O)[C@H](O)[C@H]2O)ccc1Cl)c1cc(C(=O)Nc2cc(CO[C@@H]3O[C@H](CO)[C@@H](O[C@@H]4O[C@H](CO)[C@H](O)[C@H](O)[C@H]4O)[C@H](O)[C@H]3O)ccc2Cl)cc(C(=O)Nc2cc(CO[C@@H]3O[C@H](CO)[C@@H](O[C@@H]4O[C@H](CO)[C@H](O)[C@H](O)[C@H]4O)[C@H](O)[C@H]3O)ccc2Cl)c1. The molecule has 0 spiro atoms. The number of benzene rings is 4. The normalized spacial score (nSPS) is 37.3. The van der Waals surface area contributed by atoms with E-state index >= 15 is 0 Å². The second-order valence-electron chi connectivity index (χ2n) is 26.1. The first-order valence-electron chi connectivity index (χ1n) is 33.5. The number of hydrogen-bond acceptors (Lipinski definition) is 36. The predicted octanol–water partition coefficient (Wildman–Crippen LogP) is -7.17. The molecule has 4 aromatic carbocycles. The Balaban J connectivity index is 0.848. The van der Waals surface area contributed by atoms with E-state index in [0.29, 0.717) is 0 Å². The lowest BCUT2D eigenvalue weighted by atomic mass is 9.97. The molecule has 0 bridgehead atoms. The number of anilines is 3. The molecule has 6 saturated heterocycles. The largest absolute Gasteiger partial charge is 0.394 e. The van der Waals surface area contributed by atoms with Gasteiger partial charge in [-0.2, -0.15) is 0 Å². The smallest absolute Gasteiger partial charge is 0.255 e. The van der Waals surface area contributed by atoms with Crippen LogP contribution in [0.3, 0.4) is 0 Å². The highest BCUT2D eigenvalue weighted by molar-refractivity contribution is 6.35. The third kappa shape index (κ3) is 19.2. The van der Waals surface area contributed by atoms with E-state index in [-0.39, 0.29) is 65.5 Å². The van der Waals surface area contributed by atoms with E-state index in [4.69, 9.17) is 91.6 Å². The minimum absolute atomic E-state index is 0.0770. The molecule has 600 valence electrons. The second kappa shape index (κ2) is 37.7. The fraction of sp³-hybridized carbons (Fsp3) is 0.591. The first-order chi connectivity index (χ1) is 51.4. The molecule has 0 radical (unpaired) electrons. The molecule has 42 heteroatoms. The zero-order chi connectivity index (χ0) is 78.4. The molecule has 6 fully saturated rings. The van der Waals surface area contributed by atoms with Crippen LogP contribution in [0.5, 0.6) is 0 Å². The summed E-state index contributed by atoms with van der Waals surface area (Å²) in [4.78, 5) is 43.6. The Morgan fingerprint density at radius 2 is 0.519 bits per heavy atom. The van der Waals surface area contributed by atoms with E-state index < -0.39 is 261 Å². The highest BCUT2D eigenvalue weighted by Gasteiger charge is 2.55. The zero-order valence-electron chi connectivity index (χ0n) is 56.3. The number of hydrogen-bond donors (Lipinski definition) is 24. The summed E-state index contributed by atoms with van der Waals surface area (Å²) in [5, 5.41) is 227. The van der Waals surface area contributed by atoms with Crippen molar-refractivity contribution in [2.75, 3.05) is 55.6 Å². The number of aliphatic hydroxyl groups is 21. The number of amides is 3. The number of halogens is 3. The van der Waals surface area contributed by atoms with E-state index in [2.05, 4.69) is 16.0 Å². The summed E-state index contributed by atoms with van der Waals surface area (Å²) in [7, 11) is 0. The molecule has 3 amide bonds. The fourth-order valence-corrected chi connectivity index (χ4v) is 13.0. The maximum Gasteiger partial charge on any atom is 0.255 e. The molecule has 6 heterocycles. The van der Waals surface area contributed by atoms with Gasteiger partial charge in [-0.25, -0.2) is 0 Å². The second-order valence-corrected chi connectivity index (χ2v) is 27.3. The number of nitrogens with one attached hydrogen (secondary N) is 3. The third-order valence-corrected chi connectivity index (χ3v) is 19.7. The summed E-state index contributed by atoms with van der Waals surface area (Å²) in [6.45, 7) is -6.42. The van der Waals surface area contributed by atoms with Crippen molar-refractivity contribution in [1.29, 1.82) is 0 Å². The molecule has 10 rings (SSSR count). The first-order valence-corrected chi connectivity index (χ1v) is 34.6. The Bertz CT molecular complexity index is 3290. The van der Waals surface area contributed by atoms with Crippen LogP contribution in [-0.2, 0) is 76.7 Å². The van der Waals surface area contributed by atoms with Gasteiger partial charge in [0.05, 0.1) is 91.6 Å². The van der Waals surface area contributed by atoms with Crippen molar-refractivity contribution in [1.82, 2.24) is 0 Å². The van der Waals surface area contributed by atoms with Gasteiger partial charge in [0.25, 0.3) is 17.7 Å². The van der Waals surface area contributed by atoms with Gasteiger partial charge in [-0.1, -0.05) is 53.0 Å². The highest BCUT2D eigenvalue weighted by Crippen LogP contribution is 2.37. The summed E-state index contributed by atoms with van der Waals surface area (Å²) in [6, 6.07) is 15.5. The van der Waals surface area contributed by atoms with Crippen LogP contribution in [0.4, 0.5) is 17.1 Å². The van der Waals surface area contributed by atoms with Gasteiger partial charge >= 0.3 is 0 Å². The lowest BCUT2D eigenvalue weighted by Gasteiger charge is -2.45. The maximum atomic E-state index is 14.5. The summed E-state index contributed by atoms with van der Waals surface area (Å²) in [5.74, 6) is -3.00. The van der Waals surface area contributed by atoms with Crippen LogP contribution in [0, 0.1) is 0 Å². The summed E-state index contributed by atoms with van der Waals surface area (Å²) >= 11 is 19.8. The summed E-state index contributed by atoms with van der Waals surface area (Å²) < 4.78 is 67.5. The topological polar surface area (TPSA) is 623 Å². The number of carbonyl (C=O) groups is 3. The molecule has 108 heavy (non-hydrogen) atoms. The van der Waals surface area contributed by atoms with E-state index in [1.54, 1.807) is 0 Å². The van der Waals surface area contributed by atoms with Crippen molar-refractivity contribution in [2.24, 2.45) is 0 Å². The predicted molar refractivity (Wildman–Crippen MR) is 358 cm³/mol. The molecule has 4 aromatic rings. The number of carbonyl (C=O) groups excluding carboxylic acids is 3. The van der Waals surface area contributed by atoms with E-state index in [0.717, 1.165) is 18.2 Å². The Morgan fingerprint density at radius 1 is 0.296 bits per heavy atom. The molecule has 6 aliphatic rings. The van der Waals surface area contributed by atoms with Gasteiger partial charge in [0.2, 0.25) is 0 Å². The van der Waals surface area contributed by atoms with Crippen LogP contribution < -0.4 is 16.0 Å². The van der Waals surface area contributed by atoms with Gasteiger partial charge in [-0.05, 0) is 71.3 Å². The molecule has 6 aliphatic heterocycles. The molecule has 0 aromatic heterocycles. The Hall–Kier alpha value is -5.16. The molecular formula is C66H84Cl3N3O36. The lowest BCUT2D eigenvalue weighted by molar-refractivity contribution is -0.360. The van der Waals surface area contributed by atoms with Gasteiger partial charge in [0.15, 0.2) is 37.7 Å². The van der Waals surface area contributed by atoms with Crippen molar-refractivity contribution in [2.45, 2.75) is 204 Å². The number of aliphatic hydroxyl groups excluding tert-OH is 21. The zero-order valence-corrected chi connectivity index (χ0v) is 58.5. The van der Waals surface area contributed by atoms with Crippen LogP contribution in [0.25, 0.3) is 0 Å². The number of ether oxygens (including phenoxy) is 12. The number of rotatable bonds is 27. The van der Waals surface area contributed by atoms with Crippen molar-refractivity contribution >= 4 is 69.6 Å². The van der Waals surface area contributed by atoms with Crippen LogP contribution in [0.15, 0.2) is 72.8 Å².